The van der Waals surface area contributed by atoms with Crippen LogP contribution in [0.25, 0.3) is 0 Å². The molecule has 3 nitrogen and oxygen atoms in total. The normalized spacial score (nSPS) is 25.5. The van der Waals surface area contributed by atoms with E-state index in [4.69, 9.17) is 5.11 Å². The first-order valence-corrected chi connectivity index (χ1v) is 3.39. The Morgan fingerprint density at radius 1 is 1.90 bits per heavy atom. The molecule has 56 valence electrons. The molecular weight excluding hydrogens is 130 g/mol. The highest BCUT2D eigenvalue weighted by atomic mass is 16.4. The quantitative estimate of drug-likeness (QED) is 0.563. The van der Waals surface area contributed by atoms with Gasteiger partial charge in [0.1, 0.15) is 6.04 Å². The first-order valence-electron chi connectivity index (χ1n) is 3.39. The molecule has 1 aliphatic rings. The van der Waals surface area contributed by atoms with E-state index in [1.165, 1.54) is 0 Å². The summed E-state index contributed by atoms with van der Waals surface area (Å²) in [7, 11) is 0. The largest absolute Gasteiger partial charge is 0.480 e. The van der Waals surface area contributed by atoms with E-state index in [0.29, 0.717) is 0 Å². The lowest BCUT2D eigenvalue weighted by Gasteiger charge is -2.17. The van der Waals surface area contributed by atoms with Crippen LogP contribution in [0.1, 0.15) is 6.92 Å². The summed E-state index contributed by atoms with van der Waals surface area (Å²) in [4.78, 5) is 12.4. The third-order valence-electron chi connectivity index (χ3n) is 1.71. The van der Waals surface area contributed by atoms with Crippen LogP contribution in [0.15, 0.2) is 12.2 Å². The first-order chi connectivity index (χ1) is 4.75. The third kappa shape index (κ3) is 1.19. The Bertz CT molecular complexity index is 165. The predicted molar refractivity (Wildman–Crippen MR) is 37.8 cm³/mol. The highest BCUT2D eigenvalue weighted by Crippen LogP contribution is 2.08. The van der Waals surface area contributed by atoms with Gasteiger partial charge >= 0.3 is 5.97 Å². The van der Waals surface area contributed by atoms with Gasteiger partial charge in [-0.3, -0.25) is 9.69 Å². The molecule has 1 heterocycles. The van der Waals surface area contributed by atoms with Gasteiger partial charge in [0.2, 0.25) is 0 Å². The zero-order valence-corrected chi connectivity index (χ0v) is 5.95. The Labute approximate surface area is 59.9 Å². The van der Waals surface area contributed by atoms with Crippen LogP contribution in [0.5, 0.6) is 0 Å². The van der Waals surface area contributed by atoms with Crippen molar-refractivity contribution in [3.8, 4) is 0 Å². The predicted octanol–water partition coefficient (Wildman–Crippen LogP) is 0.331. The van der Waals surface area contributed by atoms with Gasteiger partial charge in [0.05, 0.1) is 0 Å². The zero-order valence-electron chi connectivity index (χ0n) is 5.95. The molecule has 1 rings (SSSR count). The molecule has 0 aliphatic carbocycles. The number of rotatable bonds is 2. The van der Waals surface area contributed by atoms with E-state index in [0.717, 1.165) is 13.1 Å². The van der Waals surface area contributed by atoms with E-state index < -0.39 is 5.97 Å². The highest BCUT2D eigenvalue weighted by Gasteiger charge is 2.23. The van der Waals surface area contributed by atoms with Crippen LogP contribution in [0.2, 0.25) is 0 Å². The number of hydrogen-bond donors (Lipinski definition) is 1. The molecule has 1 aliphatic heterocycles. The zero-order chi connectivity index (χ0) is 7.56. The molecule has 0 aromatic carbocycles. The number of aliphatic carboxylic acids is 1. The molecule has 0 aromatic heterocycles. The summed E-state index contributed by atoms with van der Waals surface area (Å²) in [6.07, 6.45) is 3.62. The maximum atomic E-state index is 10.5. The molecule has 0 amide bonds. The number of carboxylic acid groups (broad SMARTS) is 1. The summed E-state index contributed by atoms with van der Waals surface area (Å²) < 4.78 is 0. The van der Waals surface area contributed by atoms with Crippen LogP contribution in [0.4, 0.5) is 0 Å². The second-order valence-electron chi connectivity index (χ2n) is 2.30. The topological polar surface area (TPSA) is 40.5 Å². The number of carbonyl (C=O) groups is 1. The smallest absolute Gasteiger partial charge is 0.324 e. The van der Waals surface area contributed by atoms with Crippen LogP contribution in [0.3, 0.4) is 0 Å². The van der Waals surface area contributed by atoms with Crippen molar-refractivity contribution in [1.82, 2.24) is 4.90 Å². The van der Waals surface area contributed by atoms with Gasteiger partial charge < -0.3 is 5.11 Å². The number of hydrogen-bond acceptors (Lipinski definition) is 2. The fourth-order valence-electron chi connectivity index (χ4n) is 1.12. The summed E-state index contributed by atoms with van der Waals surface area (Å²) in [6, 6.07) is -0.384. The van der Waals surface area contributed by atoms with E-state index in [-0.39, 0.29) is 6.04 Å². The van der Waals surface area contributed by atoms with Crippen LogP contribution in [0, 0.1) is 0 Å². The molecule has 0 saturated carbocycles. The molecule has 0 aromatic rings. The maximum absolute atomic E-state index is 10.5. The summed E-state index contributed by atoms with van der Waals surface area (Å²) in [5, 5.41) is 8.62. The van der Waals surface area contributed by atoms with E-state index in [2.05, 4.69) is 0 Å². The van der Waals surface area contributed by atoms with Crippen molar-refractivity contribution in [3.05, 3.63) is 12.2 Å². The minimum absolute atomic E-state index is 0.384. The molecule has 0 fully saturated rings. The van der Waals surface area contributed by atoms with Crippen LogP contribution >= 0.6 is 0 Å². The lowest BCUT2D eigenvalue weighted by molar-refractivity contribution is -0.140. The van der Waals surface area contributed by atoms with Gasteiger partial charge in [-0.1, -0.05) is 19.1 Å². The van der Waals surface area contributed by atoms with Gasteiger partial charge in [0.25, 0.3) is 0 Å². The Kier molecular flexibility index (Phi) is 2.06. The summed E-state index contributed by atoms with van der Waals surface area (Å²) in [5.74, 6) is -0.754. The van der Waals surface area contributed by atoms with Gasteiger partial charge in [-0.05, 0) is 6.54 Å². The minimum Gasteiger partial charge on any atom is -0.480 e. The van der Waals surface area contributed by atoms with Crippen LogP contribution in [-0.4, -0.2) is 35.1 Å². The van der Waals surface area contributed by atoms with E-state index in [1.54, 1.807) is 6.08 Å². The Morgan fingerprint density at radius 3 is 3.00 bits per heavy atom. The van der Waals surface area contributed by atoms with Crippen molar-refractivity contribution < 1.29 is 9.90 Å². The molecule has 1 N–H and O–H groups in total. The van der Waals surface area contributed by atoms with Crippen molar-refractivity contribution in [1.29, 1.82) is 0 Å². The van der Waals surface area contributed by atoms with Crippen molar-refractivity contribution in [2.75, 3.05) is 13.1 Å². The lowest BCUT2D eigenvalue weighted by atomic mass is 10.3. The molecule has 10 heavy (non-hydrogen) atoms. The fourth-order valence-corrected chi connectivity index (χ4v) is 1.12. The van der Waals surface area contributed by atoms with Gasteiger partial charge in [-0.2, -0.15) is 0 Å². The van der Waals surface area contributed by atoms with Crippen molar-refractivity contribution in [3.63, 3.8) is 0 Å². The van der Waals surface area contributed by atoms with E-state index >= 15 is 0 Å². The molecule has 0 saturated heterocycles. The Hall–Kier alpha value is -0.830. The summed E-state index contributed by atoms with van der Waals surface area (Å²) in [6.45, 7) is 3.53. The second-order valence-corrected chi connectivity index (χ2v) is 2.30. The number of nitrogens with zero attached hydrogens (tertiary/aromatic N) is 1. The van der Waals surface area contributed by atoms with E-state index in [9.17, 15) is 4.79 Å². The van der Waals surface area contributed by atoms with Gasteiger partial charge in [-0.25, -0.2) is 0 Å². The average molecular weight is 141 g/mol. The average Bonchev–Trinajstić information content (AvgIpc) is 2.33. The van der Waals surface area contributed by atoms with Gasteiger partial charge in [0, 0.05) is 6.54 Å². The van der Waals surface area contributed by atoms with Crippen molar-refractivity contribution in [2.45, 2.75) is 13.0 Å². The molecule has 3 heteroatoms. The molecular formula is C7H11NO2. The van der Waals surface area contributed by atoms with E-state index in [1.807, 2.05) is 17.9 Å². The third-order valence-corrected chi connectivity index (χ3v) is 1.71. The first kappa shape index (κ1) is 7.28. The highest BCUT2D eigenvalue weighted by molar-refractivity contribution is 5.76. The Balaban J connectivity index is 2.57. The van der Waals surface area contributed by atoms with Crippen molar-refractivity contribution in [2.24, 2.45) is 0 Å². The maximum Gasteiger partial charge on any atom is 0.324 e. The van der Waals surface area contributed by atoms with Crippen LogP contribution < -0.4 is 0 Å². The van der Waals surface area contributed by atoms with Gasteiger partial charge in [-0.15, -0.1) is 0 Å². The SMILES string of the molecule is CCN1CC=CC1C(=O)O. The second kappa shape index (κ2) is 2.84. The summed E-state index contributed by atoms with van der Waals surface area (Å²) >= 11 is 0. The van der Waals surface area contributed by atoms with Gasteiger partial charge in [0.15, 0.2) is 0 Å². The number of carboxylic acids is 1. The fraction of sp³-hybridized carbons (Fsp3) is 0.571. The molecule has 1 atom stereocenters. The summed E-state index contributed by atoms with van der Waals surface area (Å²) in [5.41, 5.74) is 0. The molecule has 0 bridgehead atoms. The standard InChI is InChI=1S/C7H11NO2/c1-2-8-5-3-4-6(8)7(9)10/h3-4,6H,2,5H2,1H3,(H,9,10). The minimum atomic E-state index is -0.754. The van der Waals surface area contributed by atoms with Crippen molar-refractivity contribution >= 4 is 5.97 Å². The molecule has 0 spiro atoms. The monoisotopic (exact) mass is 141 g/mol. The van der Waals surface area contributed by atoms with Crippen LogP contribution in [-0.2, 0) is 4.79 Å². The Morgan fingerprint density at radius 2 is 2.60 bits per heavy atom. The number of likely N-dealkylation sites (N-methyl/N-ethyl adjacent to an activating group) is 1. The lowest BCUT2D eigenvalue weighted by Crippen LogP contribution is -2.35. The molecule has 1 unspecified atom stereocenters. The molecule has 0 radical (unpaired) electrons.